The zero-order valence-corrected chi connectivity index (χ0v) is 12.2. The van der Waals surface area contributed by atoms with Crippen molar-refractivity contribution in [3.05, 3.63) is 46.4 Å². The maximum atomic E-state index is 11.9. The molecule has 2 N–H and O–H groups in total. The summed E-state index contributed by atoms with van der Waals surface area (Å²) in [4.78, 5) is 16.1. The van der Waals surface area contributed by atoms with Crippen LogP contribution in [0.15, 0.2) is 35.1 Å². The molecule has 0 radical (unpaired) electrons. The predicted molar refractivity (Wildman–Crippen MR) is 80.8 cm³/mol. The van der Waals surface area contributed by atoms with E-state index in [-0.39, 0.29) is 5.56 Å². The SMILES string of the molecule is COc1nc(C)cc(=O)n1CCCOc1ccc(N)cc1. The van der Waals surface area contributed by atoms with Gasteiger partial charge in [0.1, 0.15) is 5.75 Å². The molecule has 0 saturated heterocycles. The minimum atomic E-state index is -0.119. The van der Waals surface area contributed by atoms with E-state index in [0.29, 0.717) is 37.0 Å². The number of nitrogens with two attached hydrogens (primary N) is 1. The fraction of sp³-hybridized carbons (Fsp3) is 0.333. The summed E-state index contributed by atoms with van der Waals surface area (Å²) in [5, 5.41) is 0. The molecule has 0 aliphatic carbocycles. The second kappa shape index (κ2) is 6.78. The number of ether oxygens (including phenoxy) is 2. The minimum Gasteiger partial charge on any atom is -0.494 e. The monoisotopic (exact) mass is 289 g/mol. The number of benzene rings is 1. The molecule has 1 heterocycles. The second-order valence-corrected chi connectivity index (χ2v) is 4.65. The van der Waals surface area contributed by atoms with Crippen LogP contribution < -0.4 is 20.8 Å². The molecule has 0 spiro atoms. The molecule has 0 unspecified atom stereocenters. The molecular formula is C15H19N3O3. The lowest BCUT2D eigenvalue weighted by atomic mass is 10.3. The summed E-state index contributed by atoms with van der Waals surface area (Å²) in [6.07, 6.45) is 0.672. The van der Waals surface area contributed by atoms with Crippen LogP contribution >= 0.6 is 0 Å². The number of nitrogen functional groups attached to an aromatic ring is 1. The smallest absolute Gasteiger partial charge is 0.299 e. The lowest BCUT2D eigenvalue weighted by Crippen LogP contribution is -2.23. The summed E-state index contributed by atoms with van der Waals surface area (Å²) in [5.41, 5.74) is 6.83. The van der Waals surface area contributed by atoms with Gasteiger partial charge in [-0.25, -0.2) is 4.98 Å². The lowest BCUT2D eigenvalue weighted by molar-refractivity contribution is 0.288. The van der Waals surface area contributed by atoms with Gasteiger partial charge in [0.15, 0.2) is 0 Å². The molecule has 1 aromatic heterocycles. The Balaban J connectivity index is 1.92. The summed E-state index contributed by atoms with van der Waals surface area (Å²) in [5.74, 6) is 0.755. The predicted octanol–water partition coefficient (Wildman–Crippen LogP) is 1.61. The van der Waals surface area contributed by atoms with Gasteiger partial charge in [0.2, 0.25) is 0 Å². The third kappa shape index (κ3) is 3.98. The molecule has 0 atom stereocenters. The van der Waals surface area contributed by atoms with Gasteiger partial charge < -0.3 is 15.2 Å². The van der Waals surface area contributed by atoms with Gasteiger partial charge in [-0.3, -0.25) is 9.36 Å². The molecule has 0 amide bonds. The fourth-order valence-corrected chi connectivity index (χ4v) is 1.93. The summed E-state index contributed by atoms with van der Waals surface area (Å²) in [6.45, 7) is 2.75. The number of methoxy groups -OCH3 is 1. The van der Waals surface area contributed by atoms with E-state index in [1.54, 1.807) is 19.1 Å². The first kappa shape index (κ1) is 14.9. The van der Waals surface area contributed by atoms with Crippen LogP contribution in [0.4, 0.5) is 5.69 Å². The normalized spacial score (nSPS) is 10.4. The molecule has 6 nitrogen and oxygen atoms in total. The van der Waals surface area contributed by atoms with Gasteiger partial charge in [0.25, 0.3) is 11.6 Å². The van der Waals surface area contributed by atoms with Gasteiger partial charge in [0, 0.05) is 24.0 Å². The first-order valence-electron chi connectivity index (χ1n) is 6.71. The van der Waals surface area contributed by atoms with E-state index in [4.69, 9.17) is 15.2 Å². The summed E-state index contributed by atoms with van der Waals surface area (Å²) >= 11 is 0. The van der Waals surface area contributed by atoms with Gasteiger partial charge in [-0.15, -0.1) is 0 Å². The maximum absolute atomic E-state index is 11.9. The van der Waals surface area contributed by atoms with E-state index < -0.39 is 0 Å². The number of hydrogen-bond acceptors (Lipinski definition) is 5. The largest absolute Gasteiger partial charge is 0.494 e. The van der Waals surface area contributed by atoms with Gasteiger partial charge in [-0.05, 0) is 37.6 Å². The summed E-state index contributed by atoms with van der Waals surface area (Å²) < 4.78 is 12.2. The third-order valence-corrected chi connectivity index (χ3v) is 2.96. The van der Waals surface area contributed by atoms with Crippen molar-refractivity contribution in [1.29, 1.82) is 0 Å². The number of hydrogen-bond donors (Lipinski definition) is 1. The quantitative estimate of drug-likeness (QED) is 0.645. The molecule has 6 heteroatoms. The molecule has 0 saturated carbocycles. The van der Waals surface area contributed by atoms with Crippen molar-refractivity contribution in [3.63, 3.8) is 0 Å². The molecule has 0 aliphatic rings. The maximum Gasteiger partial charge on any atom is 0.299 e. The van der Waals surface area contributed by atoms with Crippen molar-refractivity contribution in [2.45, 2.75) is 19.9 Å². The van der Waals surface area contributed by atoms with Crippen LogP contribution in [-0.2, 0) is 6.54 Å². The van der Waals surface area contributed by atoms with Crippen LogP contribution in [0, 0.1) is 6.92 Å². The van der Waals surface area contributed by atoms with Crippen LogP contribution in [0.5, 0.6) is 11.8 Å². The zero-order valence-electron chi connectivity index (χ0n) is 12.2. The van der Waals surface area contributed by atoms with Crippen molar-refractivity contribution in [2.24, 2.45) is 0 Å². The van der Waals surface area contributed by atoms with Crippen molar-refractivity contribution in [1.82, 2.24) is 9.55 Å². The Hall–Kier alpha value is -2.50. The Morgan fingerprint density at radius 3 is 2.67 bits per heavy atom. The zero-order chi connectivity index (χ0) is 15.2. The number of nitrogens with zero attached hydrogens (tertiary/aromatic N) is 2. The van der Waals surface area contributed by atoms with Crippen LogP contribution in [-0.4, -0.2) is 23.3 Å². The number of aryl methyl sites for hydroxylation is 1. The van der Waals surface area contributed by atoms with Crippen LogP contribution in [0.3, 0.4) is 0 Å². The van der Waals surface area contributed by atoms with Gasteiger partial charge in [0.05, 0.1) is 13.7 Å². The van der Waals surface area contributed by atoms with E-state index in [2.05, 4.69) is 4.98 Å². The van der Waals surface area contributed by atoms with Crippen LogP contribution in [0.1, 0.15) is 12.1 Å². The Labute approximate surface area is 123 Å². The van der Waals surface area contributed by atoms with Gasteiger partial charge in [-0.1, -0.05) is 0 Å². The highest BCUT2D eigenvalue weighted by atomic mass is 16.5. The minimum absolute atomic E-state index is 0.119. The first-order valence-corrected chi connectivity index (χ1v) is 6.71. The van der Waals surface area contributed by atoms with E-state index in [0.717, 1.165) is 5.75 Å². The van der Waals surface area contributed by atoms with Crippen LogP contribution in [0.2, 0.25) is 0 Å². The average Bonchev–Trinajstić information content (AvgIpc) is 2.46. The van der Waals surface area contributed by atoms with Crippen molar-refractivity contribution in [2.75, 3.05) is 19.5 Å². The van der Waals surface area contributed by atoms with Gasteiger partial charge in [-0.2, -0.15) is 0 Å². The topological polar surface area (TPSA) is 79.4 Å². The van der Waals surface area contributed by atoms with E-state index in [1.807, 2.05) is 12.1 Å². The van der Waals surface area contributed by atoms with E-state index >= 15 is 0 Å². The summed E-state index contributed by atoms with van der Waals surface area (Å²) in [6, 6.07) is 9.01. The molecule has 1 aromatic carbocycles. The van der Waals surface area contributed by atoms with Crippen LogP contribution in [0.25, 0.3) is 0 Å². The molecule has 2 rings (SSSR count). The highest BCUT2D eigenvalue weighted by Gasteiger charge is 2.07. The first-order chi connectivity index (χ1) is 10.1. The molecule has 0 bridgehead atoms. The summed E-state index contributed by atoms with van der Waals surface area (Å²) in [7, 11) is 1.50. The fourth-order valence-electron chi connectivity index (χ4n) is 1.93. The van der Waals surface area contributed by atoms with Crippen molar-refractivity contribution < 1.29 is 9.47 Å². The second-order valence-electron chi connectivity index (χ2n) is 4.65. The molecule has 0 aliphatic heterocycles. The Morgan fingerprint density at radius 2 is 2.00 bits per heavy atom. The van der Waals surface area contributed by atoms with Crippen molar-refractivity contribution >= 4 is 5.69 Å². The molecule has 0 fully saturated rings. The highest BCUT2D eigenvalue weighted by Crippen LogP contribution is 2.13. The molecule has 2 aromatic rings. The Bertz CT molecular complexity index is 650. The number of anilines is 1. The van der Waals surface area contributed by atoms with Gasteiger partial charge >= 0.3 is 0 Å². The number of aromatic nitrogens is 2. The molecular weight excluding hydrogens is 270 g/mol. The van der Waals surface area contributed by atoms with E-state index in [1.165, 1.54) is 17.7 Å². The Kier molecular flexibility index (Phi) is 4.81. The average molecular weight is 289 g/mol. The Morgan fingerprint density at radius 1 is 1.29 bits per heavy atom. The van der Waals surface area contributed by atoms with E-state index in [9.17, 15) is 4.79 Å². The lowest BCUT2D eigenvalue weighted by Gasteiger charge is -2.11. The third-order valence-electron chi connectivity index (χ3n) is 2.96. The van der Waals surface area contributed by atoms with Crippen molar-refractivity contribution in [3.8, 4) is 11.8 Å². The number of rotatable bonds is 6. The highest BCUT2D eigenvalue weighted by molar-refractivity contribution is 5.41. The standard InChI is InChI=1S/C15H19N3O3/c1-11-10-14(19)18(15(17-11)20-2)8-3-9-21-13-6-4-12(16)5-7-13/h4-7,10H,3,8-9,16H2,1-2H3. The molecule has 21 heavy (non-hydrogen) atoms. The molecule has 112 valence electrons.